The Morgan fingerprint density at radius 1 is 0.396 bits per heavy atom. The van der Waals surface area contributed by atoms with Gasteiger partial charge in [-0.3, -0.25) is 19.2 Å². The van der Waals surface area contributed by atoms with E-state index in [-0.39, 0.29) is 89.8 Å². The molecule has 4 aromatic rings. The summed E-state index contributed by atoms with van der Waals surface area (Å²) in [6.07, 6.45) is 0. The summed E-state index contributed by atoms with van der Waals surface area (Å²) in [4.78, 5) is 43.7. The van der Waals surface area contributed by atoms with E-state index in [1.807, 2.05) is 0 Å². The van der Waals surface area contributed by atoms with Crippen LogP contribution in [0.15, 0.2) is 72.8 Å². The van der Waals surface area contributed by atoms with Crippen LogP contribution in [0.5, 0.6) is 23.5 Å². The molecule has 0 bridgehead atoms. The second-order valence-electron chi connectivity index (χ2n) is 8.49. The average molecular weight is 832 g/mol. The number of hydrogen-bond acceptors (Lipinski definition) is 12. The van der Waals surface area contributed by atoms with Gasteiger partial charge >= 0.3 is 49.8 Å². The van der Waals surface area contributed by atoms with Crippen molar-refractivity contribution in [2.75, 3.05) is 28.2 Å². The quantitative estimate of drug-likeness (QED) is 0.110. The fourth-order valence-electron chi connectivity index (χ4n) is 3.09. The maximum Gasteiger partial charge on any atom is 4.00 e. The minimum Gasteiger partial charge on any atom is -0.822 e. The molecule has 288 valence electrons. The molecule has 4 heterocycles. The van der Waals surface area contributed by atoms with Crippen molar-refractivity contribution in [1.29, 1.82) is 0 Å². The van der Waals surface area contributed by atoms with Gasteiger partial charge in [-0.05, 0) is 24.3 Å². The zero-order valence-electron chi connectivity index (χ0n) is 28.1. The van der Waals surface area contributed by atoms with Crippen molar-refractivity contribution in [2.24, 2.45) is 0 Å². The van der Waals surface area contributed by atoms with Crippen LogP contribution in [-0.2, 0) is 26.2 Å². The zero-order chi connectivity index (χ0) is 36.6. The van der Waals surface area contributed by atoms with E-state index in [9.17, 15) is 60.4 Å². The van der Waals surface area contributed by atoms with E-state index in [1.165, 1.54) is 76.7 Å². The number of carbonyl (C=O) groups excluding carboxylic acids is 4. The minimum absolute atomic E-state index is 0. The normalized spacial score (nSPS) is 8.53. The number of amides is 4. The van der Waals surface area contributed by atoms with Crippen molar-refractivity contribution in [3.63, 3.8) is 0 Å². The number of pyridine rings is 4. The molecule has 4 rings (SSSR count). The van der Waals surface area contributed by atoms with Gasteiger partial charge in [0.25, 0.3) is 22.8 Å². The molecule has 0 aliphatic rings. The van der Waals surface area contributed by atoms with Crippen LogP contribution >= 0.6 is 0 Å². The smallest absolute Gasteiger partial charge is 0.822 e. The van der Waals surface area contributed by atoms with Crippen LogP contribution in [0, 0.1) is 20.8 Å². The van der Waals surface area contributed by atoms with Crippen LogP contribution in [-0.4, -0.2) is 73.7 Å². The van der Waals surface area contributed by atoms with Crippen molar-refractivity contribution < 1.29 is 107 Å². The number of nitrogens with one attached hydrogen (secondary N) is 4. The minimum atomic E-state index is -0.740. The molecule has 0 aliphatic heterocycles. The van der Waals surface area contributed by atoms with Crippen LogP contribution < -0.4 is 60.6 Å². The Kier molecular flexibility index (Phi) is 28.9. The molecule has 0 saturated heterocycles. The van der Waals surface area contributed by atoms with Gasteiger partial charge in [0, 0.05) is 52.5 Å². The van der Waals surface area contributed by atoms with E-state index in [4.69, 9.17) is 0 Å². The van der Waals surface area contributed by atoms with Crippen LogP contribution in [0.1, 0.15) is 42.0 Å². The molecule has 25 heteroatoms. The number of nitrogens with zero attached hydrogens (tertiary/aromatic N) is 4. The molecule has 0 fully saturated rings. The van der Waals surface area contributed by atoms with Gasteiger partial charge in [0.05, 0.1) is 0 Å². The molecule has 0 aliphatic carbocycles. The van der Waals surface area contributed by atoms with Gasteiger partial charge in [0.15, 0.2) is 23.5 Å². The molecule has 0 spiro atoms. The van der Waals surface area contributed by atoms with Gasteiger partial charge in [-0.25, -0.2) is 0 Å². The Labute approximate surface area is 318 Å². The van der Waals surface area contributed by atoms with Gasteiger partial charge < -0.3 is 84.4 Å². The molecule has 0 saturated carbocycles. The Balaban J connectivity index is -0.000000187. The topological polar surface area (TPSA) is 442 Å². The molecule has 0 aromatic carbocycles. The fourth-order valence-corrected chi connectivity index (χ4v) is 3.09. The monoisotopic (exact) mass is 830 g/mol. The summed E-state index contributed by atoms with van der Waals surface area (Å²) in [5.41, 5.74) is -0.759. The zero-order valence-corrected chi connectivity index (χ0v) is 30.6. The Morgan fingerprint density at radius 2 is 0.547 bits per heavy atom. The van der Waals surface area contributed by atoms with Gasteiger partial charge in [-0.1, -0.05) is 24.3 Å². The first kappa shape index (κ1) is 56.0. The number of hydrogen-bond donors (Lipinski definition) is 4. The standard InChI is InChI=1S/4C7H8N2O3.4H2O.Zr/c4*1-8-7(11)5-3-2-4-6(10)9(5)12;;;;;/h4*2-4,10H,1H3,(H,8,11);4*1H2;/q;;;;;;;;+4/p-4. The van der Waals surface area contributed by atoms with Gasteiger partial charge in [0.1, 0.15) is 0 Å². The van der Waals surface area contributed by atoms with Crippen LogP contribution in [0.2, 0.25) is 0 Å². The summed E-state index contributed by atoms with van der Waals surface area (Å²) in [6.45, 7) is 0. The largest absolute Gasteiger partial charge is 4.00 e. The molecule has 4 amide bonds. The molecule has 0 radical (unpaired) electrons. The Bertz CT molecular complexity index is 1510. The van der Waals surface area contributed by atoms with Crippen LogP contribution in [0.4, 0.5) is 0 Å². The Hall–Kier alpha value is -6.40. The van der Waals surface area contributed by atoms with Crippen molar-refractivity contribution in [2.45, 2.75) is 0 Å². The van der Waals surface area contributed by atoms with E-state index in [1.54, 1.807) is 0 Å². The first-order valence-electron chi connectivity index (χ1n) is 13.1. The van der Waals surface area contributed by atoms with Crippen LogP contribution in [0.3, 0.4) is 0 Å². The molecule has 0 unspecified atom stereocenters. The van der Waals surface area contributed by atoms with Crippen LogP contribution in [0.25, 0.3) is 0 Å². The maximum absolute atomic E-state index is 10.9. The molecule has 24 nitrogen and oxygen atoms in total. The third-order valence-electron chi connectivity index (χ3n) is 5.49. The van der Waals surface area contributed by atoms with Crippen molar-refractivity contribution >= 4 is 23.6 Å². The van der Waals surface area contributed by atoms with E-state index in [0.717, 1.165) is 24.3 Å². The summed E-state index contributed by atoms with van der Waals surface area (Å²) >= 11 is 0. The number of rotatable bonds is 4. The first-order chi connectivity index (χ1) is 22.7. The van der Waals surface area contributed by atoms with E-state index >= 15 is 0 Å². The summed E-state index contributed by atoms with van der Waals surface area (Å²) in [7, 11) is 5.55. The van der Waals surface area contributed by atoms with Crippen molar-refractivity contribution in [3.05, 3.63) is 116 Å². The predicted octanol–water partition coefficient (Wildman–Crippen LogP) is -8.29. The third-order valence-corrected chi connectivity index (χ3v) is 5.49. The molecule has 4 aromatic heterocycles. The van der Waals surface area contributed by atoms with E-state index in [2.05, 4.69) is 21.3 Å². The van der Waals surface area contributed by atoms with Crippen molar-refractivity contribution in [3.8, 4) is 23.5 Å². The van der Waals surface area contributed by atoms with E-state index < -0.39 is 47.1 Å². The number of carbonyl (C=O) groups is 4. The molecule has 0 atom stereocenters. The maximum atomic E-state index is 10.9. The SMILES string of the molecule is CNC(=O)c1cccc([O-])[n+]1[O-].CNC(=O)c1cccc([O-])[n+]1[O-].CNC(=O)c1cccc([O-])[n+]1[O-].CNC(=O)c1cccc([O-])[n+]1[O-].O.O.O.O.[Zr+4]. The first-order valence-corrected chi connectivity index (χ1v) is 13.1. The van der Waals surface area contributed by atoms with Crippen molar-refractivity contribution in [1.82, 2.24) is 21.3 Å². The molecular formula is C28H36N8O16Zr. The fraction of sp³-hybridized carbons (Fsp3) is 0.143. The number of aromatic nitrogens is 4. The average Bonchev–Trinajstić information content (AvgIpc) is 3.09. The predicted molar refractivity (Wildman–Crippen MR) is 167 cm³/mol. The molecule has 12 N–H and O–H groups in total. The third kappa shape index (κ3) is 16.0. The Morgan fingerprint density at radius 3 is 0.679 bits per heavy atom. The second kappa shape index (κ2) is 27.3. The van der Waals surface area contributed by atoms with Gasteiger partial charge in [0.2, 0.25) is 0 Å². The van der Waals surface area contributed by atoms with E-state index in [0.29, 0.717) is 0 Å². The summed E-state index contributed by atoms with van der Waals surface area (Å²) in [6, 6.07) is 15.0. The van der Waals surface area contributed by atoms with Gasteiger partial charge in [-0.15, -0.1) is 0 Å². The summed E-state index contributed by atoms with van der Waals surface area (Å²) in [5, 5.41) is 95.6. The summed E-state index contributed by atoms with van der Waals surface area (Å²) in [5.74, 6) is -5.23. The molecular weight excluding hydrogens is 796 g/mol. The van der Waals surface area contributed by atoms with Gasteiger partial charge in [-0.2, -0.15) is 18.9 Å². The summed E-state index contributed by atoms with van der Waals surface area (Å²) < 4.78 is 0.218. The molecule has 53 heavy (non-hydrogen) atoms. The second-order valence-corrected chi connectivity index (χ2v) is 8.49.